The van der Waals surface area contributed by atoms with Crippen LogP contribution in [-0.2, 0) is 9.53 Å². The molecule has 0 saturated heterocycles. The van der Waals surface area contributed by atoms with Crippen molar-refractivity contribution in [3.8, 4) is 17.9 Å². The fraction of sp³-hybridized carbons (Fsp3) is 0.483. The Hall–Kier alpha value is -4.31. The van der Waals surface area contributed by atoms with Crippen LogP contribution in [0, 0.1) is 28.6 Å². The van der Waals surface area contributed by atoms with Crippen LogP contribution in [0.1, 0.15) is 65.5 Å². The Morgan fingerprint density at radius 3 is 2.41 bits per heavy atom. The molecular formula is C29H39N7O3. The zero-order chi connectivity index (χ0) is 29.1. The lowest BCUT2D eigenvalue weighted by Gasteiger charge is -2.24. The number of nitriles is 1. The van der Waals surface area contributed by atoms with E-state index < -0.39 is 17.1 Å². The molecule has 0 bridgehead atoms. The van der Waals surface area contributed by atoms with E-state index >= 15 is 0 Å². The van der Waals surface area contributed by atoms with Gasteiger partial charge >= 0.3 is 6.09 Å². The van der Waals surface area contributed by atoms with Gasteiger partial charge in [0.15, 0.2) is 0 Å². The fourth-order valence-electron chi connectivity index (χ4n) is 3.16. The van der Waals surface area contributed by atoms with Gasteiger partial charge in [0.25, 0.3) is 0 Å². The van der Waals surface area contributed by atoms with Crippen molar-refractivity contribution < 1.29 is 14.3 Å². The largest absolute Gasteiger partial charge is 0.444 e. The molecule has 10 nitrogen and oxygen atoms in total. The van der Waals surface area contributed by atoms with Gasteiger partial charge in [0.2, 0.25) is 11.9 Å². The first kappa shape index (κ1) is 30.9. The van der Waals surface area contributed by atoms with E-state index in [1.807, 2.05) is 13.8 Å². The van der Waals surface area contributed by atoms with Crippen molar-refractivity contribution in [2.24, 2.45) is 5.41 Å². The number of benzene rings is 1. The molecule has 0 saturated carbocycles. The second-order valence-electron chi connectivity index (χ2n) is 10.8. The molecule has 39 heavy (non-hydrogen) atoms. The van der Waals surface area contributed by atoms with Gasteiger partial charge in [0.05, 0.1) is 23.4 Å². The Labute approximate surface area is 231 Å². The Bertz CT molecular complexity index is 1230. The standard InChI is InChI=1S/C29H39N7O3/c1-8-16-32-25-22(19-33-26(35-25)34-23-11-9-21(18-30)10-12-23)13-14-29(5,6)15-17-31-24(37)20-36(7)27(38)39-28(2,3)4/h9-12,19H,8,15-17,20H2,1-7H3,(H,31,37)(H2,32,33,34,35). The molecule has 0 radical (unpaired) electrons. The lowest BCUT2D eigenvalue weighted by atomic mass is 9.90. The summed E-state index contributed by atoms with van der Waals surface area (Å²) in [7, 11) is 1.53. The molecule has 1 aromatic heterocycles. The zero-order valence-electron chi connectivity index (χ0n) is 23.9. The number of ether oxygens (including phenoxy) is 1. The number of carbonyl (C=O) groups excluding carboxylic acids is 2. The van der Waals surface area contributed by atoms with Gasteiger partial charge in [-0.25, -0.2) is 9.78 Å². The number of hydrogen-bond acceptors (Lipinski definition) is 8. The molecule has 0 aliphatic carbocycles. The highest BCUT2D eigenvalue weighted by molar-refractivity contribution is 5.82. The van der Waals surface area contributed by atoms with Crippen LogP contribution in [0.5, 0.6) is 0 Å². The minimum atomic E-state index is -0.622. The molecule has 0 fully saturated rings. The molecule has 1 heterocycles. The summed E-state index contributed by atoms with van der Waals surface area (Å²) in [5, 5.41) is 18.3. The van der Waals surface area contributed by atoms with Crippen LogP contribution in [0.25, 0.3) is 0 Å². The molecule has 0 aliphatic rings. The minimum Gasteiger partial charge on any atom is -0.444 e. The highest BCUT2D eigenvalue weighted by Gasteiger charge is 2.21. The third-order valence-corrected chi connectivity index (χ3v) is 5.30. The summed E-state index contributed by atoms with van der Waals surface area (Å²) in [5.41, 5.74) is 1.00. The van der Waals surface area contributed by atoms with E-state index in [2.05, 4.69) is 50.8 Å². The number of amides is 2. The summed E-state index contributed by atoms with van der Waals surface area (Å²) < 4.78 is 5.27. The monoisotopic (exact) mass is 533 g/mol. The maximum atomic E-state index is 12.3. The Morgan fingerprint density at radius 1 is 1.10 bits per heavy atom. The molecular weight excluding hydrogens is 494 g/mol. The van der Waals surface area contributed by atoms with Crippen LogP contribution < -0.4 is 16.0 Å². The summed E-state index contributed by atoms with van der Waals surface area (Å²) in [5.74, 6) is 7.25. The van der Waals surface area contributed by atoms with Crippen molar-refractivity contribution >= 4 is 29.5 Å². The quantitative estimate of drug-likeness (QED) is 0.376. The fourth-order valence-corrected chi connectivity index (χ4v) is 3.16. The second-order valence-corrected chi connectivity index (χ2v) is 10.8. The highest BCUT2D eigenvalue weighted by atomic mass is 16.6. The Morgan fingerprint density at radius 2 is 1.79 bits per heavy atom. The molecule has 2 amide bonds. The van der Waals surface area contributed by atoms with Crippen LogP contribution >= 0.6 is 0 Å². The van der Waals surface area contributed by atoms with Gasteiger partial charge in [-0.2, -0.15) is 10.2 Å². The first-order valence-electron chi connectivity index (χ1n) is 12.9. The number of likely N-dealkylation sites (N-methyl/N-ethyl adjacent to an activating group) is 1. The Balaban J connectivity index is 2.00. The molecule has 0 aliphatic heterocycles. The topological polar surface area (TPSA) is 132 Å². The second kappa shape index (κ2) is 14.0. The normalized spacial score (nSPS) is 10.9. The Kier molecular flexibility index (Phi) is 11.1. The van der Waals surface area contributed by atoms with Crippen molar-refractivity contribution in [1.82, 2.24) is 20.2 Å². The zero-order valence-corrected chi connectivity index (χ0v) is 23.9. The van der Waals surface area contributed by atoms with Crippen molar-refractivity contribution in [3.63, 3.8) is 0 Å². The number of aromatic nitrogens is 2. The summed E-state index contributed by atoms with van der Waals surface area (Å²) in [6.45, 7) is 12.5. The third kappa shape index (κ3) is 11.3. The van der Waals surface area contributed by atoms with Gasteiger partial charge in [-0.1, -0.05) is 18.8 Å². The van der Waals surface area contributed by atoms with E-state index in [0.29, 0.717) is 35.9 Å². The van der Waals surface area contributed by atoms with Crippen LogP contribution in [0.4, 0.5) is 22.2 Å². The maximum absolute atomic E-state index is 12.3. The molecule has 2 rings (SSSR count). The van der Waals surface area contributed by atoms with Gasteiger partial charge in [-0.3, -0.25) is 4.79 Å². The molecule has 0 atom stereocenters. The third-order valence-electron chi connectivity index (χ3n) is 5.30. The number of nitrogens with zero attached hydrogens (tertiary/aromatic N) is 4. The van der Waals surface area contributed by atoms with Gasteiger partial charge in [-0.15, -0.1) is 0 Å². The van der Waals surface area contributed by atoms with Gasteiger partial charge in [0.1, 0.15) is 18.0 Å². The summed E-state index contributed by atoms with van der Waals surface area (Å²) in [6.07, 6.45) is 2.66. The summed E-state index contributed by atoms with van der Waals surface area (Å²) in [6, 6.07) is 9.14. The average Bonchev–Trinajstić information content (AvgIpc) is 2.86. The molecule has 10 heteroatoms. The molecule has 1 aromatic carbocycles. The average molecular weight is 534 g/mol. The van der Waals surface area contributed by atoms with E-state index in [1.165, 1.54) is 11.9 Å². The van der Waals surface area contributed by atoms with Crippen LogP contribution in [0.2, 0.25) is 0 Å². The maximum Gasteiger partial charge on any atom is 0.410 e. The van der Waals surface area contributed by atoms with E-state index in [4.69, 9.17) is 10.00 Å². The van der Waals surface area contributed by atoms with Crippen LogP contribution in [0.15, 0.2) is 30.5 Å². The number of carbonyl (C=O) groups is 2. The van der Waals surface area contributed by atoms with Crippen LogP contribution in [0.3, 0.4) is 0 Å². The summed E-state index contributed by atoms with van der Waals surface area (Å²) >= 11 is 0. The van der Waals surface area contributed by atoms with E-state index in [1.54, 1.807) is 51.2 Å². The smallest absolute Gasteiger partial charge is 0.410 e. The summed E-state index contributed by atoms with van der Waals surface area (Å²) in [4.78, 5) is 34.6. The van der Waals surface area contributed by atoms with Crippen molar-refractivity contribution in [1.29, 1.82) is 5.26 Å². The SMILES string of the molecule is CCCNc1nc(Nc2ccc(C#N)cc2)ncc1C#CC(C)(C)CCNC(=O)CN(C)C(=O)OC(C)(C)C. The number of anilines is 3. The molecule has 3 N–H and O–H groups in total. The van der Waals surface area contributed by atoms with Gasteiger partial charge in [0, 0.05) is 31.2 Å². The minimum absolute atomic E-state index is 0.0896. The van der Waals surface area contributed by atoms with Gasteiger partial charge < -0.3 is 25.6 Å². The molecule has 2 aromatic rings. The highest BCUT2D eigenvalue weighted by Crippen LogP contribution is 2.21. The predicted octanol–water partition coefficient (Wildman–Crippen LogP) is 4.66. The number of nitrogens with one attached hydrogen (secondary N) is 3. The van der Waals surface area contributed by atoms with Crippen LogP contribution in [-0.4, -0.2) is 59.2 Å². The van der Waals surface area contributed by atoms with E-state index in [-0.39, 0.29) is 12.5 Å². The predicted molar refractivity (Wildman–Crippen MR) is 152 cm³/mol. The molecule has 0 unspecified atom stereocenters. The first-order valence-corrected chi connectivity index (χ1v) is 12.9. The van der Waals surface area contributed by atoms with Crippen molar-refractivity contribution in [2.45, 2.75) is 60.0 Å². The number of hydrogen-bond donors (Lipinski definition) is 3. The lowest BCUT2D eigenvalue weighted by Crippen LogP contribution is -2.41. The first-order chi connectivity index (χ1) is 18.3. The van der Waals surface area contributed by atoms with Gasteiger partial charge in [-0.05, 0) is 71.7 Å². The molecule has 0 spiro atoms. The molecule has 208 valence electrons. The lowest BCUT2D eigenvalue weighted by molar-refractivity contribution is -0.122. The van der Waals surface area contributed by atoms with Crippen molar-refractivity contribution in [2.75, 3.05) is 37.3 Å². The number of rotatable bonds is 10. The van der Waals surface area contributed by atoms with E-state index in [9.17, 15) is 9.59 Å². The van der Waals surface area contributed by atoms with Crippen molar-refractivity contribution in [3.05, 3.63) is 41.6 Å². The van der Waals surface area contributed by atoms with E-state index in [0.717, 1.165) is 18.7 Å².